The summed E-state index contributed by atoms with van der Waals surface area (Å²) in [5.74, 6) is -0.0111. The second-order valence-corrected chi connectivity index (χ2v) is 7.84. The number of aryl methyl sites for hydroxylation is 2. The quantitative estimate of drug-likeness (QED) is 0.832. The van der Waals surface area contributed by atoms with E-state index >= 15 is 0 Å². The summed E-state index contributed by atoms with van der Waals surface area (Å²) < 4.78 is 7.21. The maximum atomic E-state index is 12.8. The highest BCUT2D eigenvalue weighted by Crippen LogP contribution is 2.30. The molecule has 0 radical (unpaired) electrons. The Hall–Kier alpha value is -1.73. The van der Waals surface area contributed by atoms with E-state index in [0.29, 0.717) is 18.5 Å². The van der Waals surface area contributed by atoms with Crippen molar-refractivity contribution in [2.24, 2.45) is 0 Å². The first-order valence-electron chi connectivity index (χ1n) is 8.42. The largest absolute Gasteiger partial charge is 0.374 e. The highest BCUT2D eigenvalue weighted by Gasteiger charge is 2.38. The molecule has 0 bridgehead atoms. The van der Waals surface area contributed by atoms with Crippen molar-refractivity contribution in [3.63, 3.8) is 0 Å². The number of fused-ring (bicyclic) bond motifs is 2. The Labute approximate surface area is 144 Å². The summed E-state index contributed by atoms with van der Waals surface area (Å²) in [7, 11) is 0. The first-order valence-corrected chi connectivity index (χ1v) is 9.24. The van der Waals surface area contributed by atoms with Gasteiger partial charge in [-0.1, -0.05) is 0 Å². The summed E-state index contributed by atoms with van der Waals surface area (Å²) in [6.07, 6.45) is 4.78. The van der Waals surface area contributed by atoms with Gasteiger partial charge in [0.05, 0.1) is 30.5 Å². The minimum atomic E-state index is -0.119. The molecule has 1 saturated heterocycles. The molecule has 2 fully saturated rings. The molecule has 7 heteroatoms. The van der Waals surface area contributed by atoms with E-state index in [2.05, 4.69) is 4.98 Å². The van der Waals surface area contributed by atoms with Gasteiger partial charge < -0.3 is 9.64 Å². The molecular formula is C17H21N3O3S. The molecule has 4 rings (SSSR count). The number of nitrogens with zero attached hydrogens (tertiary/aromatic N) is 3. The van der Waals surface area contributed by atoms with Gasteiger partial charge in [0.25, 0.3) is 5.56 Å². The van der Waals surface area contributed by atoms with Crippen molar-refractivity contribution < 1.29 is 9.53 Å². The van der Waals surface area contributed by atoms with Crippen LogP contribution in [0.4, 0.5) is 0 Å². The predicted molar refractivity (Wildman–Crippen MR) is 92.4 cm³/mol. The van der Waals surface area contributed by atoms with Gasteiger partial charge >= 0.3 is 0 Å². The molecule has 3 heterocycles. The molecule has 2 atom stereocenters. The number of rotatable bonds is 2. The van der Waals surface area contributed by atoms with E-state index in [0.717, 1.165) is 34.5 Å². The van der Waals surface area contributed by atoms with Gasteiger partial charge in [-0.25, -0.2) is 4.98 Å². The molecule has 0 spiro atoms. The summed E-state index contributed by atoms with van der Waals surface area (Å²) in [5.41, 5.74) is 0.850. The predicted octanol–water partition coefficient (Wildman–Crippen LogP) is 1.85. The van der Waals surface area contributed by atoms with Crippen LogP contribution in [0.25, 0.3) is 10.2 Å². The van der Waals surface area contributed by atoms with Crippen LogP contribution < -0.4 is 5.56 Å². The van der Waals surface area contributed by atoms with Crippen LogP contribution in [0, 0.1) is 13.8 Å². The molecule has 1 aliphatic heterocycles. The van der Waals surface area contributed by atoms with Crippen LogP contribution in [0.3, 0.4) is 0 Å². The van der Waals surface area contributed by atoms with E-state index in [1.54, 1.807) is 0 Å². The third kappa shape index (κ3) is 2.46. The van der Waals surface area contributed by atoms with Crippen molar-refractivity contribution in [3.8, 4) is 0 Å². The van der Waals surface area contributed by atoms with Gasteiger partial charge in [0.1, 0.15) is 11.4 Å². The Balaban J connectivity index is 1.62. The molecule has 1 aliphatic carbocycles. The molecule has 0 unspecified atom stereocenters. The number of carbonyl (C=O) groups is 1. The van der Waals surface area contributed by atoms with Crippen LogP contribution in [-0.2, 0) is 16.1 Å². The first kappa shape index (κ1) is 15.8. The first-order chi connectivity index (χ1) is 11.6. The van der Waals surface area contributed by atoms with Gasteiger partial charge in [0, 0.05) is 11.4 Å². The zero-order valence-electron chi connectivity index (χ0n) is 13.9. The van der Waals surface area contributed by atoms with Crippen LogP contribution in [0.2, 0.25) is 0 Å². The van der Waals surface area contributed by atoms with Gasteiger partial charge in [0.2, 0.25) is 5.91 Å². The van der Waals surface area contributed by atoms with E-state index in [1.807, 2.05) is 18.7 Å². The number of hydrogen-bond acceptors (Lipinski definition) is 5. The van der Waals surface area contributed by atoms with Crippen LogP contribution in [0.15, 0.2) is 11.1 Å². The van der Waals surface area contributed by atoms with Gasteiger partial charge in [-0.15, -0.1) is 11.3 Å². The standard InChI is InChI=1S/C17H21N3O3S/c1-10-11(2)24-16-15(10)17(22)19(9-18-16)8-14(21)20-6-7-23-13-5-3-4-12(13)20/h9,12-13H,3-8H2,1-2H3/t12-,13+/m0/s1. The lowest BCUT2D eigenvalue weighted by molar-refractivity contribution is -0.144. The van der Waals surface area contributed by atoms with Crippen molar-refractivity contribution in [2.45, 2.75) is 51.8 Å². The highest BCUT2D eigenvalue weighted by molar-refractivity contribution is 7.18. The molecule has 128 valence electrons. The van der Waals surface area contributed by atoms with Crippen LogP contribution in [-0.4, -0.2) is 45.7 Å². The normalized spacial score (nSPS) is 23.7. The molecule has 2 aromatic heterocycles. The highest BCUT2D eigenvalue weighted by atomic mass is 32.1. The molecular weight excluding hydrogens is 326 g/mol. The van der Waals surface area contributed by atoms with Gasteiger partial charge in [-0.2, -0.15) is 0 Å². The minimum Gasteiger partial charge on any atom is -0.374 e. The third-order valence-corrected chi connectivity index (χ3v) is 6.38. The lowest BCUT2D eigenvalue weighted by Crippen LogP contribution is -2.52. The van der Waals surface area contributed by atoms with E-state index in [9.17, 15) is 9.59 Å². The van der Waals surface area contributed by atoms with Gasteiger partial charge in [-0.05, 0) is 38.7 Å². The summed E-state index contributed by atoms with van der Waals surface area (Å²) in [5, 5.41) is 0.647. The maximum absolute atomic E-state index is 12.8. The van der Waals surface area contributed by atoms with E-state index < -0.39 is 0 Å². The SMILES string of the molecule is Cc1sc2ncn(CC(=O)N3CCO[C@@H]4CCC[C@@H]43)c(=O)c2c1C. The molecule has 0 aromatic carbocycles. The van der Waals surface area contributed by atoms with E-state index in [-0.39, 0.29) is 30.2 Å². The fraction of sp³-hybridized carbons (Fsp3) is 0.588. The lowest BCUT2D eigenvalue weighted by Gasteiger charge is -2.37. The molecule has 0 N–H and O–H groups in total. The fourth-order valence-corrected chi connectivity index (χ4v) is 4.84. The third-order valence-electron chi connectivity index (χ3n) is 5.26. The van der Waals surface area contributed by atoms with Crippen molar-refractivity contribution in [1.82, 2.24) is 14.5 Å². The molecule has 1 saturated carbocycles. The Bertz CT molecular complexity index is 857. The summed E-state index contributed by atoms with van der Waals surface area (Å²) in [6, 6.07) is 0.170. The second-order valence-electron chi connectivity index (χ2n) is 6.64. The number of carbonyl (C=O) groups excluding carboxylic acids is 1. The second kappa shape index (κ2) is 5.97. The van der Waals surface area contributed by atoms with Crippen molar-refractivity contribution >= 4 is 27.5 Å². The molecule has 24 heavy (non-hydrogen) atoms. The number of aromatic nitrogens is 2. The smallest absolute Gasteiger partial charge is 0.262 e. The molecule has 6 nitrogen and oxygen atoms in total. The monoisotopic (exact) mass is 347 g/mol. The van der Waals surface area contributed by atoms with Gasteiger partial charge in [0.15, 0.2) is 0 Å². The number of thiophene rings is 1. The number of hydrogen-bond donors (Lipinski definition) is 0. The summed E-state index contributed by atoms with van der Waals surface area (Å²) in [6.45, 7) is 5.18. The van der Waals surface area contributed by atoms with Crippen molar-refractivity contribution in [2.75, 3.05) is 13.2 Å². The molecule has 1 amide bonds. The fourth-order valence-electron chi connectivity index (χ4n) is 3.85. The Morgan fingerprint density at radius 2 is 2.25 bits per heavy atom. The number of ether oxygens (including phenoxy) is 1. The van der Waals surface area contributed by atoms with E-state index in [4.69, 9.17) is 4.74 Å². The van der Waals surface area contributed by atoms with Crippen LogP contribution >= 0.6 is 11.3 Å². The number of amides is 1. The van der Waals surface area contributed by atoms with Gasteiger partial charge in [-0.3, -0.25) is 14.2 Å². The Morgan fingerprint density at radius 1 is 1.42 bits per heavy atom. The summed E-state index contributed by atoms with van der Waals surface area (Å²) >= 11 is 1.52. The zero-order valence-corrected chi connectivity index (χ0v) is 14.8. The molecule has 2 aliphatic rings. The number of morpholine rings is 1. The van der Waals surface area contributed by atoms with Crippen LogP contribution in [0.1, 0.15) is 29.7 Å². The average Bonchev–Trinajstić information content (AvgIpc) is 3.15. The summed E-state index contributed by atoms with van der Waals surface area (Å²) in [4.78, 5) is 33.6. The zero-order chi connectivity index (χ0) is 16.8. The minimum absolute atomic E-state index is 0.0111. The topological polar surface area (TPSA) is 64.4 Å². The van der Waals surface area contributed by atoms with E-state index in [1.165, 1.54) is 22.2 Å². The lowest BCUT2D eigenvalue weighted by atomic mass is 10.1. The molecule has 2 aromatic rings. The maximum Gasteiger partial charge on any atom is 0.262 e. The Kier molecular flexibility index (Phi) is 3.92. The van der Waals surface area contributed by atoms with Crippen LogP contribution in [0.5, 0.6) is 0 Å². The Morgan fingerprint density at radius 3 is 3.08 bits per heavy atom. The van der Waals surface area contributed by atoms with Crippen molar-refractivity contribution in [1.29, 1.82) is 0 Å². The van der Waals surface area contributed by atoms with Crippen molar-refractivity contribution in [3.05, 3.63) is 27.1 Å². The average molecular weight is 347 g/mol.